The Labute approximate surface area is 169 Å². The van der Waals surface area contributed by atoms with Crippen molar-refractivity contribution in [3.63, 3.8) is 0 Å². The third-order valence-electron chi connectivity index (χ3n) is 5.04. The van der Waals surface area contributed by atoms with Crippen LogP contribution in [0.2, 0.25) is 0 Å². The average molecular weight is 390 g/mol. The van der Waals surface area contributed by atoms with Gasteiger partial charge in [0, 0.05) is 51.1 Å². The first-order chi connectivity index (χ1) is 13.7. The van der Waals surface area contributed by atoms with Gasteiger partial charge in [-0.1, -0.05) is 26.2 Å². The first-order valence-corrected chi connectivity index (χ1v) is 10.6. The molecule has 2 N–H and O–H groups in total. The van der Waals surface area contributed by atoms with E-state index >= 15 is 0 Å². The number of methoxy groups -OCH3 is 1. The maximum Gasteiger partial charge on any atom is 0.253 e. The Balaban J connectivity index is 2.04. The zero-order chi connectivity index (χ0) is 20.2. The normalized spacial score (nSPS) is 13.6. The fourth-order valence-electron chi connectivity index (χ4n) is 3.48. The topological polar surface area (TPSA) is 70.7 Å². The summed E-state index contributed by atoms with van der Waals surface area (Å²) in [5.74, 6) is -0.0893. The smallest absolute Gasteiger partial charge is 0.253 e. The molecule has 0 aliphatic carbocycles. The molecule has 1 aromatic rings. The first kappa shape index (κ1) is 22.2. The number of anilines is 2. The van der Waals surface area contributed by atoms with Crippen LogP contribution in [0.4, 0.5) is 11.4 Å². The third kappa shape index (κ3) is 7.15. The fourth-order valence-corrected chi connectivity index (χ4v) is 3.48. The molecule has 1 heterocycles. The molecule has 1 fully saturated rings. The van der Waals surface area contributed by atoms with E-state index in [9.17, 15) is 9.59 Å². The summed E-state index contributed by atoms with van der Waals surface area (Å²) in [6, 6.07) is 5.67. The van der Waals surface area contributed by atoms with E-state index in [0.717, 1.165) is 63.7 Å². The molecule has 28 heavy (non-hydrogen) atoms. The second-order valence-corrected chi connectivity index (χ2v) is 7.39. The molecule has 2 rings (SSSR count). The molecule has 1 aromatic carbocycles. The van der Waals surface area contributed by atoms with Crippen LogP contribution in [-0.2, 0) is 9.53 Å². The van der Waals surface area contributed by atoms with Gasteiger partial charge in [0.05, 0.1) is 5.56 Å². The van der Waals surface area contributed by atoms with E-state index in [2.05, 4.69) is 22.5 Å². The van der Waals surface area contributed by atoms with E-state index in [0.29, 0.717) is 30.8 Å². The maximum atomic E-state index is 12.8. The van der Waals surface area contributed by atoms with Crippen molar-refractivity contribution in [2.24, 2.45) is 0 Å². The minimum Gasteiger partial charge on any atom is -0.385 e. The second-order valence-electron chi connectivity index (χ2n) is 7.39. The van der Waals surface area contributed by atoms with Crippen molar-refractivity contribution in [1.82, 2.24) is 5.32 Å². The summed E-state index contributed by atoms with van der Waals surface area (Å²) in [5.41, 5.74) is 2.26. The lowest BCUT2D eigenvalue weighted by Gasteiger charge is -2.22. The van der Waals surface area contributed by atoms with E-state index in [1.165, 1.54) is 0 Å². The SMILES string of the molecule is CCCCCCC(=O)Nc1ccc(N2CCCC2)c(C(=O)NCCCOC)c1. The molecule has 1 aliphatic rings. The van der Waals surface area contributed by atoms with Crippen molar-refractivity contribution < 1.29 is 14.3 Å². The monoisotopic (exact) mass is 389 g/mol. The molecule has 1 saturated heterocycles. The first-order valence-electron chi connectivity index (χ1n) is 10.6. The maximum absolute atomic E-state index is 12.8. The third-order valence-corrected chi connectivity index (χ3v) is 5.04. The minimum absolute atomic E-state index is 0.0106. The van der Waals surface area contributed by atoms with Crippen molar-refractivity contribution in [2.75, 3.05) is 43.6 Å². The predicted octanol–water partition coefficient (Wildman–Crippen LogP) is 3.96. The van der Waals surface area contributed by atoms with Gasteiger partial charge in [0.15, 0.2) is 0 Å². The summed E-state index contributed by atoms with van der Waals surface area (Å²) in [6.45, 7) is 5.28. The van der Waals surface area contributed by atoms with Gasteiger partial charge >= 0.3 is 0 Å². The van der Waals surface area contributed by atoms with Crippen LogP contribution in [0.5, 0.6) is 0 Å². The lowest BCUT2D eigenvalue weighted by molar-refractivity contribution is -0.116. The molecular weight excluding hydrogens is 354 g/mol. The van der Waals surface area contributed by atoms with E-state index in [1.54, 1.807) is 7.11 Å². The molecule has 0 bridgehead atoms. The number of hydrogen-bond donors (Lipinski definition) is 2. The molecule has 156 valence electrons. The highest BCUT2D eigenvalue weighted by atomic mass is 16.5. The van der Waals surface area contributed by atoms with E-state index in [-0.39, 0.29) is 11.8 Å². The number of amides is 2. The Morgan fingerprint density at radius 2 is 1.89 bits per heavy atom. The fraction of sp³-hybridized carbons (Fsp3) is 0.636. The van der Waals surface area contributed by atoms with Crippen LogP contribution in [0.1, 0.15) is 68.6 Å². The second kappa shape index (κ2) is 12.4. The van der Waals surface area contributed by atoms with Crippen LogP contribution in [0.25, 0.3) is 0 Å². The van der Waals surface area contributed by atoms with Crippen LogP contribution < -0.4 is 15.5 Å². The van der Waals surface area contributed by atoms with Gasteiger partial charge in [0.1, 0.15) is 0 Å². The van der Waals surface area contributed by atoms with Gasteiger partial charge < -0.3 is 20.3 Å². The van der Waals surface area contributed by atoms with Crippen molar-refractivity contribution >= 4 is 23.2 Å². The van der Waals surface area contributed by atoms with Gasteiger partial charge in [-0.2, -0.15) is 0 Å². The van der Waals surface area contributed by atoms with Crippen LogP contribution >= 0.6 is 0 Å². The Morgan fingerprint density at radius 1 is 1.11 bits per heavy atom. The molecule has 0 saturated carbocycles. The molecule has 0 radical (unpaired) electrons. The summed E-state index contributed by atoms with van der Waals surface area (Å²) in [7, 11) is 1.65. The van der Waals surface area contributed by atoms with E-state index < -0.39 is 0 Å². The summed E-state index contributed by atoms with van der Waals surface area (Å²) in [6.07, 6.45) is 7.87. The number of rotatable bonds is 12. The molecule has 2 amide bonds. The number of nitrogens with zero attached hydrogens (tertiary/aromatic N) is 1. The van der Waals surface area contributed by atoms with Gasteiger partial charge in [-0.05, 0) is 43.9 Å². The highest BCUT2D eigenvalue weighted by Gasteiger charge is 2.20. The molecular formula is C22H35N3O3. The zero-order valence-corrected chi connectivity index (χ0v) is 17.4. The molecule has 1 aliphatic heterocycles. The molecule has 0 unspecified atom stereocenters. The Bertz CT molecular complexity index is 627. The standard InChI is InChI=1S/C22H35N3O3/c1-3-4-5-6-10-21(26)24-18-11-12-20(25-14-7-8-15-25)19(17-18)22(27)23-13-9-16-28-2/h11-12,17H,3-10,13-16H2,1-2H3,(H,23,27)(H,24,26). The predicted molar refractivity (Wildman–Crippen MR) is 114 cm³/mol. The van der Waals surface area contributed by atoms with Gasteiger partial charge in [0.25, 0.3) is 5.91 Å². The van der Waals surface area contributed by atoms with Crippen LogP contribution in [0, 0.1) is 0 Å². The van der Waals surface area contributed by atoms with E-state index in [4.69, 9.17) is 4.74 Å². The average Bonchev–Trinajstić information content (AvgIpc) is 3.23. The summed E-state index contributed by atoms with van der Waals surface area (Å²) >= 11 is 0. The van der Waals surface area contributed by atoms with Crippen molar-refractivity contribution in [3.8, 4) is 0 Å². The number of ether oxygens (including phenoxy) is 1. The molecule has 0 atom stereocenters. The number of benzene rings is 1. The number of unbranched alkanes of at least 4 members (excludes halogenated alkanes) is 3. The van der Waals surface area contributed by atoms with Crippen LogP contribution in [0.3, 0.4) is 0 Å². The van der Waals surface area contributed by atoms with Crippen molar-refractivity contribution in [1.29, 1.82) is 0 Å². The lowest BCUT2D eigenvalue weighted by Crippen LogP contribution is -2.29. The van der Waals surface area contributed by atoms with Gasteiger partial charge in [-0.15, -0.1) is 0 Å². The van der Waals surface area contributed by atoms with Gasteiger partial charge in [-0.3, -0.25) is 9.59 Å². The molecule has 6 heteroatoms. The van der Waals surface area contributed by atoms with Gasteiger partial charge in [-0.25, -0.2) is 0 Å². The summed E-state index contributed by atoms with van der Waals surface area (Å²) in [5, 5.41) is 5.92. The molecule has 0 spiro atoms. The Kier molecular flexibility index (Phi) is 9.83. The van der Waals surface area contributed by atoms with Crippen molar-refractivity contribution in [2.45, 2.75) is 58.3 Å². The summed E-state index contributed by atoms with van der Waals surface area (Å²) < 4.78 is 5.04. The number of carbonyl (C=O) groups excluding carboxylic acids is 2. The van der Waals surface area contributed by atoms with Crippen LogP contribution in [0.15, 0.2) is 18.2 Å². The number of hydrogen-bond acceptors (Lipinski definition) is 4. The lowest BCUT2D eigenvalue weighted by atomic mass is 10.1. The largest absolute Gasteiger partial charge is 0.385 e. The Hall–Kier alpha value is -2.08. The highest BCUT2D eigenvalue weighted by molar-refractivity contribution is 6.02. The van der Waals surface area contributed by atoms with E-state index in [1.807, 2.05) is 18.2 Å². The van der Waals surface area contributed by atoms with Crippen LogP contribution in [-0.4, -0.2) is 45.2 Å². The number of carbonyl (C=O) groups is 2. The van der Waals surface area contributed by atoms with Crippen molar-refractivity contribution in [3.05, 3.63) is 23.8 Å². The highest BCUT2D eigenvalue weighted by Crippen LogP contribution is 2.27. The van der Waals surface area contributed by atoms with Gasteiger partial charge in [0.2, 0.25) is 5.91 Å². The minimum atomic E-state index is -0.1000. The number of nitrogens with one attached hydrogen (secondary N) is 2. The molecule has 0 aromatic heterocycles. The quantitative estimate of drug-likeness (QED) is 0.531. The zero-order valence-electron chi connectivity index (χ0n) is 17.4. The summed E-state index contributed by atoms with van der Waals surface area (Å²) in [4.78, 5) is 27.2. The molecule has 6 nitrogen and oxygen atoms in total. The Morgan fingerprint density at radius 3 is 2.61 bits per heavy atom.